The Kier molecular flexibility index (Phi) is 1.48. The molecule has 1 saturated heterocycles. The van der Waals surface area contributed by atoms with E-state index in [1.807, 2.05) is 0 Å². The van der Waals surface area contributed by atoms with Crippen LogP contribution in [0.1, 0.15) is 32.1 Å². The first-order valence-electron chi connectivity index (χ1n) is 4.47. The quantitative estimate of drug-likeness (QED) is 0.469. The Morgan fingerprint density at radius 1 is 1.00 bits per heavy atom. The van der Waals surface area contributed by atoms with Crippen molar-refractivity contribution in [3.8, 4) is 0 Å². The molecule has 1 aliphatic carbocycles. The van der Waals surface area contributed by atoms with Gasteiger partial charge in [-0.1, -0.05) is 6.42 Å². The minimum atomic E-state index is 0.821. The molecule has 0 amide bonds. The van der Waals surface area contributed by atoms with Crippen LogP contribution in [-0.4, -0.2) is 13.1 Å². The number of hydrogen-bond acceptors (Lipinski definition) is 0. The van der Waals surface area contributed by atoms with Crippen molar-refractivity contribution in [2.75, 3.05) is 13.1 Å². The van der Waals surface area contributed by atoms with Gasteiger partial charge in [-0.3, -0.25) is 0 Å². The van der Waals surface area contributed by atoms with Crippen LogP contribution in [0.4, 0.5) is 0 Å². The molecule has 0 bridgehead atoms. The molecule has 2 rings (SSSR count). The standard InChI is InChI=1S/C9H17N/c1-10-7-5-9(6-8-10)3-2-4-9/h10H,1-8H2. The van der Waals surface area contributed by atoms with E-state index < -0.39 is 0 Å². The molecule has 1 heterocycles. The largest absolute Gasteiger partial charge is 0.468 e. The highest BCUT2D eigenvalue weighted by Crippen LogP contribution is 2.46. The first kappa shape index (κ1) is 6.66. The average Bonchev–Trinajstić information content (AvgIpc) is 1.86. The smallest absolute Gasteiger partial charge is 0.0535 e. The minimum Gasteiger partial charge on any atom is -0.468 e. The first-order chi connectivity index (χ1) is 4.81. The normalized spacial score (nSPS) is 32.1. The van der Waals surface area contributed by atoms with Gasteiger partial charge < -0.3 is 4.90 Å². The summed E-state index contributed by atoms with van der Waals surface area (Å²) in [5, 5.41) is 0. The maximum atomic E-state index is 4.04. The van der Waals surface area contributed by atoms with E-state index in [4.69, 9.17) is 0 Å². The molecule has 1 aliphatic heterocycles. The summed E-state index contributed by atoms with van der Waals surface area (Å²) in [7, 11) is 4.04. The van der Waals surface area contributed by atoms with Crippen molar-refractivity contribution in [1.29, 1.82) is 0 Å². The molecule has 0 aromatic carbocycles. The summed E-state index contributed by atoms with van der Waals surface area (Å²) in [6, 6.07) is 0. The Morgan fingerprint density at radius 2 is 1.60 bits per heavy atom. The van der Waals surface area contributed by atoms with Crippen LogP contribution in [-0.2, 0) is 0 Å². The Hall–Kier alpha value is -0.0400. The van der Waals surface area contributed by atoms with Gasteiger partial charge in [-0.15, -0.1) is 0 Å². The van der Waals surface area contributed by atoms with Gasteiger partial charge in [-0.2, -0.15) is 7.05 Å². The molecular formula is C9H17N. The van der Waals surface area contributed by atoms with E-state index in [0.717, 1.165) is 5.41 Å². The lowest BCUT2D eigenvalue weighted by Crippen LogP contribution is -3.08. The van der Waals surface area contributed by atoms with Gasteiger partial charge in [0.05, 0.1) is 13.1 Å². The summed E-state index contributed by atoms with van der Waals surface area (Å²) in [5.74, 6) is 0. The Labute approximate surface area is 63.4 Å². The SMILES string of the molecule is [CH2-][NH+]1CCC2(CCC2)CC1. The fourth-order valence-electron chi connectivity index (χ4n) is 2.31. The molecule has 1 N–H and O–H groups in total. The zero-order chi connectivity index (χ0) is 7.03. The van der Waals surface area contributed by atoms with Crippen molar-refractivity contribution in [3.63, 3.8) is 0 Å². The third-order valence-corrected chi connectivity index (χ3v) is 3.43. The number of rotatable bonds is 0. The van der Waals surface area contributed by atoms with Crippen molar-refractivity contribution >= 4 is 0 Å². The second-order valence-corrected chi connectivity index (χ2v) is 4.10. The van der Waals surface area contributed by atoms with Crippen LogP contribution < -0.4 is 4.90 Å². The van der Waals surface area contributed by atoms with E-state index >= 15 is 0 Å². The molecule has 58 valence electrons. The van der Waals surface area contributed by atoms with Gasteiger partial charge in [0.1, 0.15) is 0 Å². The lowest BCUT2D eigenvalue weighted by Gasteiger charge is -2.47. The van der Waals surface area contributed by atoms with Crippen LogP contribution in [0, 0.1) is 12.5 Å². The van der Waals surface area contributed by atoms with Gasteiger partial charge in [0.25, 0.3) is 0 Å². The predicted octanol–water partition coefficient (Wildman–Crippen LogP) is 0.627. The molecule has 0 radical (unpaired) electrons. The summed E-state index contributed by atoms with van der Waals surface area (Å²) in [4.78, 5) is 1.50. The molecule has 0 aromatic heterocycles. The minimum absolute atomic E-state index is 0.821. The van der Waals surface area contributed by atoms with Crippen molar-refractivity contribution < 1.29 is 4.90 Å². The van der Waals surface area contributed by atoms with Gasteiger partial charge in [-0.05, 0) is 18.3 Å². The van der Waals surface area contributed by atoms with Gasteiger partial charge in [0.2, 0.25) is 0 Å². The molecule has 0 unspecified atom stereocenters. The second-order valence-electron chi connectivity index (χ2n) is 4.10. The van der Waals surface area contributed by atoms with Crippen molar-refractivity contribution in [3.05, 3.63) is 7.05 Å². The highest BCUT2D eigenvalue weighted by atomic mass is 15.1. The molecule has 1 spiro atoms. The summed E-state index contributed by atoms with van der Waals surface area (Å²) in [5.41, 5.74) is 0.821. The molecule has 1 nitrogen and oxygen atoms in total. The number of nitrogens with one attached hydrogen (secondary N) is 1. The van der Waals surface area contributed by atoms with E-state index in [0.29, 0.717) is 0 Å². The van der Waals surface area contributed by atoms with Gasteiger partial charge >= 0.3 is 0 Å². The van der Waals surface area contributed by atoms with Crippen LogP contribution in [0.3, 0.4) is 0 Å². The summed E-state index contributed by atoms with van der Waals surface area (Å²) < 4.78 is 0. The lowest BCUT2D eigenvalue weighted by molar-refractivity contribution is -0.862. The second kappa shape index (κ2) is 2.23. The highest BCUT2D eigenvalue weighted by Gasteiger charge is 2.39. The van der Waals surface area contributed by atoms with Crippen LogP contribution in [0.25, 0.3) is 0 Å². The molecular weight excluding hydrogens is 122 g/mol. The van der Waals surface area contributed by atoms with E-state index in [1.165, 1.54) is 50.1 Å². The zero-order valence-corrected chi connectivity index (χ0v) is 6.66. The molecule has 0 aromatic rings. The van der Waals surface area contributed by atoms with Crippen LogP contribution in [0.5, 0.6) is 0 Å². The van der Waals surface area contributed by atoms with Crippen molar-refractivity contribution in [1.82, 2.24) is 0 Å². The zero-order valence-electron chi connectivity index (χ0n) is 6.66. The third-order valence-electron chi connectivity index (χ3n) is 3.43. The number of quaternary nitrogens is 1. The molecule has 1 saturated carbocycles. The van der Waals surface area contributed by atoms with Crippen molar-refractivity contribution in [2.24, 2.45) is 5.41 Å². The third kappa shape index (κ3) is 0.968. The number of piperidine rings is 1. The number of likely N-dealkylation sites (tertiary alicyclic amines) is 1. The fraction of sp³-hybridized carbons (Fsp3) is 0.889. The van der Waals surface area contributed by atoms with E-state index in [2.05, 4.69) is 7.05 Å². The first-order valence-corrected chi connectivity index (χ1v) is 4.47. The maximum absolute atomic E-state index is 4.04. The number of hydrogen-bond donors (Lipinski definition) is 1. The van der Waals surface area contributed by atoms with Gasteiger partial charge in [0, 0.05) is 12.8 Å². The summed E-state index contributed by atoms with van der Waals surface area (Å²) in [6.45, 7) is 2.64. The van der Waals surface area contributed by atoms with Gasteiger partial charge in [0.15, 0.2) is 0 Å². The molecule has 2 aliphatic rings. The molecule has 0 atom stereocenters. The Bertz CT molecular complexity index is 117. The topological polar surface area (TPSA) is 4.44 Å². The van der Waals surface area contributed by atoms with Crippen LogP contribution >= 0.6 is 0 Å². The summed E-state index contributed by atoms with van der Waals surface area (Å²) in [6.07, 6.45) is 7.42. The predicted molar refractivity (Wildman–Crippen MR) is 41.6 cm³/mol. The monoisotopic (exact) mass is 139 g/mol. The van der Waals surface area contributed by atoms with E-state index in [1.54, 1.807) is 0 Å². The van der Waals surface area contributed by atoms with Crippen molar-refractivity contribution in [2.45, 2.75) is 32.1 Å². The Balaban J connectivity index is 1.90. The van der Waals surface area contributed by atoms with E-state index in [-0.39, 0.29) is 0 Å². The van der Waals surface area contributed by atoms with Crippen LogP contribution in [0.2, 0.25) is 0 Å². The Morgan fingerprint density at radius 3 is 2.00 bits per heavy atom. The molecule has 1 heteroatoms. The highest BCUT2D eigenvalue weighted by molar-refractivity contribution is 4.88. The lowest BCUT2D eigenvalue weighted by atomic mass is 9.63. The van der Waals surface area contributed by atoms with E-state index in [9.17, 15) is 0 Å². The average molecular weight is 139 g/mol. The van der Waals surface area contributed by atoms with Gasteiger partial charge in [-0.25, -0.2) is 0 Å². The molecule has 10 heavy (non-hydrogen) atoms. The maximum Gasteiger partial charge on any atom is 0.0535 e. The summed E-state index contributed by atoms with van der Waals surface area (Å²) >= 11 is 0. The van der Waals surface area contributed by atoms with Crippen LogP contribution in [0.15, 0.2) is 0 Å². The fourth-order valence-corrected chi connectivity index (χ4v) is 2.31. The molecule has 2 fully saturated rings.